The summed E-state index contributed by atoms with van der Waals surface area (Å²) in [6, 6.07) is 8.09. The van der Waals surface area contributed by atoms with E-state index >= 15 is 0 Å². The summed E-state index contributed by atoms with van der Waals surface area (Å²) < 4.78 is 6.34. The second-order valence-electron chi connectivity index (χ2n) is 3.36. The number of hydrogen-bond donors (Lipinski definition) is 1. The first-order chi connectivity index (χ1) is 8.56. The van der Waals surface area contributed by atoms with E-state index in [1.54, 1.807) is 18.2 Å². The highest BCUT2D eigenvalue weighted by atomic mass is 79.9. The fourth-order valence-corrected chi connectivity index (χ4v) is 1.96. The molecule has 0 aliphatic carbocycles. The van der Waals surface area contributed by atoms with Crippen LogP contribution in [-0.4, -0.2) is 16.1 Å². The van der Waals surface area contributed by atoms with E-state index in [0.717, 1.165) is 4.47 Å². The second-order valence-corrected chi connectivity index (χ2v) is 4.68. The van der Waals surface area contributed by atoms with Crippen LogP contribution in [0.15, 0.2) is 41.0 Å². The predicted octanol–water partition coefficient (Wildman–Crippen LogP) is 3.99. The molecule has 6 heteroatoms. The zero-order valence-corrected chi connectivity index (χ0v) is 11.3. The van der Waals surface area contributed by atoms with Crippen molar-refractivity contribution in [3.8, 4) is 11.5 Å². The fraction of sp³-hybridized carbons (Fsp3) is 0. The van der Waals surface area contributed by atoms with E-state index in [0.29, 0.717) is 16.5 Å². The van der Waals surface area contributed by atoms with Crippen LogP contribution in [0.25, 0.3) is 0 Å². The van der Waals surface area contributed by atoms with Crippen molar-refractivity contribution < 1.29 is 14.6 Å². The number of pyridine rings is 1. The number of rotatable bonds is 3. The number of carboxylic acids is 1. The summed E-state index contributed by atoms with van der Waals surface area (Å²) in [5.74, 6) is -0.183. The molecular formula is C12H7BrClNO3. The summed E-state index contributed by atoms with van der Waals surface area (Å²) in [5.41, 5.74) is -0.0377. The fourth-order valence-electron chi connectivity index (χ4n) is 1.25. The third-order valence-electron chi connectivity index (χ3n) is 2.08. The lowest BCUT2D eigenvalue weighted by Crippen LogP contribution is -1.99. The van der Waals surface area contributed by atoms with Crippen LogP contribution >= 0.6 is 27.5 Å². The van der Waals surface area contributed by atoms with E-state index in [4.69, 9.17) is 21.4 Å². The SMILES string of the molecule is O=C(O)c1ccc(Oc2ccc(Br)cc2Cl)cn1. The molecule has 0 saturated carbocycles. The van der Waals surface area contributed by atoms with Gasteiger partial charge in [0.25, 0.3) is 0 Å². The number of carboxylic acid groups (broad SMARTS) is 1. The molecule has 2 aromatic rings. The Morgan fingerprint density at radius 1 is 1.33 bits per heavy atom. The van der Waals surface area contributed by atoms with E-state index in [9.17, 15) is 4.79 Å². The van der Waals surface area contributed by atoms with Gasteiger partial charge in [-0.25, -0.2) is 9.78 Å². The lowest BCUT2D eigenvalue weighted by atomic mass is 10.3. The zero-order valence-electron chi connectivity index (χ0n) is 8.93. The zero-order chi connectivity index (χ0) is 13.1. The molecule has 0 aliphatic rings. The highest BCUT2D eigenvalue weighted by Gasteiger charge is 2.06. The van der Waals surface area contributed by atoms with E-state index in [1.807, 2.05) is 0 Å². The number of aromatic carboxylic acids is 1. The van der Waals surface area contributed by atoms with Gasteiger partial charge in [0.15, 0.2) is 0 Å². The first-order valence-electron chi connectivity index (χ1n) is 4.88. The van der Waals surface area contributed by atoms with Crippen molar-refractivity contribution in [3.63, 3.8) is 0 Å². The average Bonchev–Trinajstić information content (AvgIpc) is 2.33. The maximum Gasteiger partial charge on any atom is 0.354 e. The molecule has 0 spiro atoms. The highest BCUT2D eigenvalue weighted by Crippen LogP contribution is 2.31. The summed E-state index contributed by atoms with van der Waals surface area (Å²) in [4.78, 5) is 14.4. The third kappa shape index (κ3) is 3.00. The van der Waals surface area contributed by atoms with Gasteiger partial charge >= 0.3 is 5.97 Å². The largest absolute Gasteiger partial charge is 0.477 e. The Morgan fingerprint density at radius 2 is 2.11 bits per heavy atom. The van der Waals surface area contributed by atoms with Crippen molar-refractivity contribution in [3.05, 3.63) is 51.7 Å². The van der Waals surface area contributed by atoms with Crippen LogP contribution in [0.5, 0.6) is 11.5 Å². The molecule has 0 unspecified atom stereocenters. The summed E-state index contributed by atoms with van der Waals surface area (Å²) in [6.45, 7) is 0. The molecule has 1 aromatic heterocycles. The first-order valence-corrected chi connectivity index (χ1v) is 6.05. The van der Waals surface area contributed by atoms with Crippen molar-refractivity contribution in [1.29, 1.82) is 0 Å². The van der Waals surface area contributed by atoms with Gasteiger partial charge in [-0.2, -0.15) is 0 Å². The number of ether oxygens (including phenoxy) is 1. The van der Waals surface area contributed by atoms with Crippen LogP contribution in [-0.2, 0) is 0 Å². The smallest absolute Gasteiger partial charge is 0.354 e. The van der Waals surface area contributed by atoms with Gasteiger partial charge in [-0.15, -0.1) is 0 Å². The Morgan fingerprint density at radius 3 is 2.67 bits per heavy atom. The maximum absolute atomic E-state index is 10.6. The molecule has 0 bridgehead atoms. The molecule has 0 fully saturated rings. The first kappa shape index (κ1) is 12.9. The van der Waals surface area contributed by atoms with Gasteiger partial charge in [0.1, 0.15) is 17.2 Å². The van der Waals surface area contributed by atoms with Crippen LogP contribution in [0.2, 0.25) is 5.02 Å². The highest BCUT2D eigenvalue weighted by molar-refractivity contribution is 9.10. The molecule has 1 aromatic carbocycles. The molecule has 1 N–H and O–H groups in total. The van der Waals surface area contributed by atoms with Crippen molar-refractivity contribution in [2.45, 2.75) is 0 Å². The Bertz CT molecular complexity index is 586. The molecule has 0 amide bonds. The second kappa shape index (κ2) is 5.37. The van der Waals surface area contributed by atoms with Crippen LogP contribution in [0.1, 0.15) is 10.5 Å². The van der Waals surface area contributed by atoms with Gasteiger partial charge in [0.2, 0.25) is 0 Å². The minimum absolute atomic E-state index is 0.0377. The van der Waals surface area contributed by atoms with Crippen LogP contribution in [0, 0.1) is 0 Å². The average molecular weight is 329 g/mol. The number of aromatic nitrogens is 1. The Kier molecular flexibility index (Phi) is 3.84. The molecule has 0 atom stereocenters. The number of carbonyl (C=O) groups is 1. The number of benzene rings is 1. The third-order valence-corrected chi connectivity index (χ3v) is 2.87. The Labute approximate surface area is 116 Å². The Hall–Kier alpha value is -1.59. The molecule has 92 valence electrons. The van der Waals surface area contributed by atoms with E-state index in [-0.39, 0.29) is 5.69 Å². The van der Waals surface area contributed by atoms with Crippen molar-refractivity contribution >= 4 is 33.5 Å². The summed E-state index contributed by atoms with van der Waals surface area (Å²) in [7, 11) is 0. The van der Waals surface area contributed by atoms with E-state index in [1.165, 1.54) is 18.3 Å². The quantitative estimate of drug-likeness (QED) is 0.925. The van der Waals surface area contributed by atoms with Crippen molar-refractivity contribution in [2.75, 3.05) is 0 Å². The van der Waals surface area contributed by atoms with Crippen LogP contribution in [0.3, 0.4) is 0 Å². The number of hydrogen-bond acceptors (Lipinski definition) is 3. The van der Waals surface area contributed by atoms with Crippen LogP contribution in [0.4, 0.5) is 0 Å². The minimum atomic E-state index is -1.08. The topological polar surface area (TPSA) is 59.4 Å². The molecule has 2 rings (SSSR count). The van der Waals surface area contributed by atoms with Gasteiger partial charge in [0.05, 0.1) is 11.2 Å². The van der Waals surface area contributed by atoms with E-state index in [2.05, 4.69) is 20.9 Å². The van der Waals surface area contributed by atoms with Crippen molar-refractivity contribution in [2.24, 2.45) is 0 Å². The minimum Gasteiger partial charge on any atom is -0.477 e. The summed E-state index contributed by atoms with van der Waals surface area (Å²) >= 11 is 9.28. The molecule has 0 aliphatic heterocycles. The normalized spacial score (nSPS) is 10.1. The van der Waals surface area contributed by atoms with Crippen molar-refractivity contribution in [1.82, 2.24) is 4.98 Å². The van der Waals surface area contributed by atoms with Crippen LogP contribution < -0.4 is 4.74 Å². The lowest BCUT2D eigenvalue weighted by Gasteiger charge is -2.07. The Balaban J connectivity index is 2.21. The van der Waals surface area contributed by atoms with Gasteiger partial charge < -0.3 is 9.84 Å². The van der Waals surface area contributed by atoms with Gasteiger partial charge in [-0.05, 0) is 30.3 Å². The number of halogens is 2. The summed E-state index contributed by atoms with van der Waals surface area (Å²) in [5, 5.41) is 9.16. The molecule has 0 radical (unpaired) electrons. The van der Waals surface area contributed by atoms with Gasteiger partial charge in [-0.3, -0.25) is 0 Å². The van der Waals surface area contributed by atoms with Gasteiger partial charge in [0, 0.05) is 4.47 Å². The standard InChI is InChI=1S/C12H7BrClNO3/c13-7-1-4-11(9(14)5-7)18-8-2-3-10(12(16)17)15-6-8/h1-6H,(H,16,17). The van der Waals surface area contributed by atoms with E-state index < -0.39 is 5.97 Å². The molecule has 1 heterocycles. The molecule has 18 heavy (non-hydrogen) atoms. The maximum atomic E-state index is 10.6. The predicted molar refractivity (Wildman–Crippen MR) is 70.4 cm³/mol. The van der Waals surface area contributed by atoms with Gasteiger partial charge in [-0.1, -0.05) is 27.5 Å². The molecule has 0 saturated heterocycles. The molecular weight excluding hydrogens is 321 g/mol. The number of nitrogens with zero attached hydrogens (tertiary/aromatic N) is 1. The lowest BCUT2D eigenvalue weighted by molar-refractivity contribution is 0.0690. The molecule has 4 nitrogen and oxygen atoms in total. The monoisotopic (exact) mass is 327 g/mol. The summed E-state index contributed by atoms with van der Waals surface area (Å²) in [6.07, 6.45) is 1.34.